The molecule has 3 nitrogen and oxygen atoms in total. The van der Waals surface area contributed by atoms with E-state index in [0.717, 1.165) is 31.7 Å². The second kappa shape index (κ2) is 9.25. The number of alkyl halides is 3. The van der Waals surface area contributed by atoms with Gasteiger partial charge in [-0.2, -0.15) is 0 Å². The van der Waals surface area contributed by atoms with E-state index in [1.807, 2.05) is 0 Å². The topological polar surface area (TPSA) is 24.5 Å². The van der Waals surface area contributed by atoms with Gasteiger partial charge in [-0.15, -0.1) is 44.6 Å². The fourth-order valence-electron chi connectivity index (χ4n) is 2.35. The third kappa shape index (κ3) is 6.04. The first kappa shape index (κ1) is 21.0. The van der Waals surface area contributed by atoms with Crippen molar-refractivity contribution < 1.29 is 17.9 Å². The molecule has 1 fully saturated rings. The standard InChI is InChI=1S/C14H17F3N2O.2ClH/c1-2-13(19-8-6-18-7-9-19)11-4-3-5-12(10-11)20-14(15,16)17;;/h2-5,10,13,18H,1,6-9H2;2*1H/t13-;;/m0../s1. The van der Waals surface area contributed by atoms with Crippen LogP contribution in [0.4, 0.5) is 13.2 Å². The van der Waals surface area contributed by atoms with Crippen molar-refractivity contribution in [3.8, 4) is 5.75 Å². The van der Waals surface area contributed by atoms with Gasteiger partial charge in [0.05, 0.1) is 6.04 Å². The van der Waals surface area contributed by atoms with Gasteiger partial charge < -0.3 is 10.1 Å². The molecule has 1 heterocycles. The number of ether oxygens (including phenoxy) is 1. The summed E-state index contributed by atoms with van der Waals surface area (Å²) < 4.78 is 40.7. The maximum absolute atomic E-state index is 12.2. The minimum Gasteiger partial charge on any atom is -0.406 e. The van der Waals surface area contributed by atoms with Crippen LogP contribution in [0.1, 0.15) is 11.6 Å². The molecular formula is C14H19Cl2F3N2O. The van der Waals surface area contributed by atoms with Crippen LogP contribution < -0.4 is 10.1 Å². The van der Waals surface area contributed by atoms with Crippen molar-refractivity contribution in [3.05, 3.63) is 42.5 Å². The van der Waals surface area contributed by atoms with Crippen molar-refractivity contribution in [1.29, 1.82) is 0 Å². The second-order valence-corrected chi connectivity index (χ2v) is 4.59. The zero-order valence-electron chi connectivity index (χ0n) is 11.8. The van der Waals surface area contributed by atoms with E-state index >= 15 is 0 Å². The lowest BCUT2D eigenvalue weighted by Gasteiger charge is -2.33. The summed E-state index contributed by atoms with van der Waals surface area (Å²) in [5.41, 5.74) is 0.753. The van der Waals surface area contributed by atoms with Crippen LogP contribution in [0.15, 0.2) is 36.9 Å². The SMILES string of the molecule is C=C[C@@H](c1cccc(OC(F)(F)F)c1)N1CCNCC1.Cl.Cl. The lowest BCUT2D eigenvalue weighted by atomic mass is 10.0. The zero-order valence-corrected chi connectivity index (χ0v) is 13.4. The largest absolute Gasteiger partial charge is 0.573 e. The summed E-state index contributed by atoms with van der Waals surface area (Å²) in [6.45, 7) is 7.19. The third-order valence-corrected chi connectivity index (χ3v) is 3.20. The summed E-state index contributed by atoms with van der Waals surface area (Å²) in [7, 11) is 0. The van der Waals surface area contributed by atoms with Gasteiger partial charge in [-0.1, -0.05) is 18.2 Å². The number of benzene rings is 1. The molecule has 1 aliphatic heterocycles. The molecule has 1 aromatic rings. The Morgan fingerprint density at radius 3 is 2.41 bits per heavy atom. The van der Waals surface area contributed by atoms with Crippen LogP contribution in [0.5, 0.6) is 5.75 Å². The van der Waals surface area contributed by atoms with Crippen LogP contribution in [-0.4, -0.2) is 37.4 Å². The van der Waals surface area contributed by atoms with Crippen molar-refractivity contribution in [3.63, 3.8) is 0 Å². The van der Waals surface area contributed by atoms with Crippen LogP contribution in [0.2, 0.25) is 0 Å². The van der Waals surface area contributed by atoms with E-state index in [-0.39, 0.29) is 36.6 Å². The van der Waals surface area contributed by atoms with Crippen LogP contribution in [0.25, 0.3) is 0 Å². The van der Waals surface area contributed by atoms with Gasteiger partial charge in [0, 0.05) is 26.2 Å². The van der Waals surface area contributed by atoms with Crippen molar-refractivity contribution in [2.24, 2.45) is 0 Å². The van der Waals surface area contributed by atoms with E-state index in [4.69, 9.17) is 0 Å². The van der Waals surface area contributed by atoms with Crippen LogP contribution in [-0.2, 0) is 0 Å². The maximum atomic E-state index is 12.2. The molecule has 0 saturated carbocycles. The molecule has 0 radical (unpaired) electrons. The Bertz CT molecular complexity index is 466. The smallest absolute Gasteiger partial charge is 0.406 e. The molecule has 0 aliphatic carbocycles. The van der Waals surface area contributed by atoms with Gasteiger partial charge in [0.1, 0.15) is 5.75 Å². The number of rotatable bonds is 4. The molecule has 1 aliphatic rings. The first-order valence-corrected chi connectivity index (χ1v) is 6.42. The summed E-state index contributed by atoms with van der Waals surface area (Å²) in [6.07, 6.45) is -2.92. The molecule has 0 aromatic heterocycles. The molecule has 0 bridgehead atoms. The highest BCUT2D eigenvalue weighted by Crippen LogP contribution is 2.28. The zero-order chi connectivity index (χ0) is 14.6. The Balaban J connectivity index is 0.00000220. The number of nitrogens with one attached hydrogen (secondary N) is 1. The van der Waals surface area contributed by atoms with Gasteiger partial charge in [-0.25, -0.2) is 0 Å². The normalized spacial score (nSPS) is 16.9. The van der Waals surface area contributed by atoms with E-state index in [1.165, 1.54) is 12.1 Å². The molecule has 8 heteroatoms. The first-order valence-electron chi connectivity index (χ1n) is 6.42. The van der Waals surface area contributed by atoms with Gasteiger partial charge in [0.15, 0.2) is 0 Å². The molecule has 2 rings (SSSR count). The van der Waals surface area contributed by atoms with Crippen molar-refractivity contribution in [2.45, 2.75) is 12.4 Å². The molecular weight excluding hydrogens is 340 g/mol. The van der Waals surface area contributed by atoms with Crippen molar-refractivity contribution in [1.82, 2.24) is 10.2 Å². The predicted octanol–water partition coefficient (Wildman–Crippen LogP) is 3.56. The summed E-state index contributed by atoms with van der Waals surface area (Å²) in [6, 6.07) is 5.97. The lowest BCUT2D eigenvalue weighted by Crippen LogP contribution is -2.44. The highest BCUT2D eigenvalue weighted by molar-refractivity contribution is 5.85. The number of nitrogens with zero attached hydrogens (tertiary/aromatic N) is 1. The van der Waals surface area contributed by atoms with E-state index < -0.39 is 6.36 Å². The Morgan fingerprint density at radius 1 is 1.23 bits per heavy atom. The van der Waals surface area contributed by atoms with E-state index in [9.17, 15) is 13.2 Å². The van der Waals surface area contributed by atoms with Crippen LogP contribution in [0.3, 0.4) is 0 Å². The molecule has 1 atom stereocenters. The molecule has 22 heavy (non-hydrogen) atoms. The van der Waals surface area contributed by atoms with Gasteiger partial charge in [0.2, 0.25) is 0 Å². The Hall–Kier alpha value is -0.950. The highest BCUT2D eigenvalue weighted by atomic mass is 35.5. The monoisotopic (exact) mass is 358 g/mol. The van der Waals surface area contributed by atoms with Crippen molar-refractivity contribution in [2.75, 3.05) is 26.2 Å². The summed E-state index contributed by atoms with van der Waals surface area (Å²) >= 11 is 0. The lowest BCUT2D eigenvalue weighted by molar-refractivity contribution is -0.274. The fourth-order valence-corrected chi connectivity index (χ4v) is 2.35. The average molecular weight is 359 g/mol. The summed E-state index contributed by atoms with van der Waals surface area (Å²) in [5, 5.41) is 3.24. The first-order chi connectivity index (χ1) is 9.49. The Morgan fingerprint density at radius 2 is 1.86 bits per heavy atom. The molecule has 1 aromatic carbocycles. The molecule has 1 N–H and O–H groups in total. The molecule has 0 amide bonds. The number of hydrogen-bond donors (Lipinski definition) is 1. The highest BCUT2D eigenvalue weighted by Gasteiger charge is 2.31. The number of hydrogen-bond acceptors (Lipinski definition) is 3. The van der Waals surface area contributed by atoms with Gasteiger partial charge in [-0.05, 0) is 17.7 Å². The third-order valence-electron chi connectivity index (χ3n) is 3.20. The van der Waals surface area contributed by atoms with Gasteiger partial charge >= 0.3 is 6.36 Å². The second-order valence-electron chi connectivity index (χ2n) is 4.59. The molecule has 0 unspecified atom stereocenters. The Labute approximate surface area is 140 Å². The minimum absolute atomic E-state index is 0. The van der Waals surface area contributed by atoms with Crippen LogP contribution in [0, 0.1) is 0 Å². The van der Waals surface area contributed by atoms with E-state index in [1.54, 1.807) is 18.2 Å². The molecule has 0 spiro atoms. The van der Waals surface area contributed by atoms with Gasteiger partial charge in [0.25, 0.3) is 0 Å². The van der Waals surface area contributed by atoms with Crippen LogP contribution >= 0.6 is 24.8 Å². The number of halogens is 5. The van der Waals surface area contributed by atoms with E-state index in [2.05, 4.69) is 21.5 Å². The Kier molecular flexibility index (Phi) is 8.85. The van der Waals surface area contributed by atoms with Gasteiger partial charge in [-0.3, -0.25) is 4.90 Å². The van der Waals surface area contributed by atoms with Crippen molar-refractivity contribution >= 4 is 24.8 Å². The number of piperazine rings is 1. The summed E-state index contributed by atoms with van der Waals surface area (Å²) in [5.74, 6) is -0.197. The van der Waals surface area contributed by atoms with E-state index in [0.29, 0.717) is 0 Å². The molecule has 126 valence electrons. The predicted molar refractivity (Wildman–Crippen MR) is 85.0 cm³/mol. The minimum atomic E-state index is -4.67. The quantitative estimate of drug-likeness (QED) is 0.832. The maximum Gasteiger partial charge on any atom is 0.573 e. The molecule has 1 saturated heterocycles. The summed E-state index contributed by atoms with van der Waals surface area (Å²) in [4.78, 5) is 2.18. The average Bonchev–Trinajstić information content (AvgIpc) is 2.39. The fraction of sp³-hybridized carbons (Fsp3) is 0.429.